The molecule has 0 amide bonds. The van der Waals surface area contributed by atoms with Crippen molar-refractivity contribution in [1.82, 2.24) is 0 Å². The molecule has 1 nitrogen and oxygen atoms in total. The number of aliphatic hydroxyl groups is 1. The van der Waals surface area contributed by atoms with E-state index in [2.05, 4.69) is 6.66 Å². The molecule has 130 valence electrons. The van der Waals surface area contributed by atoms with Gasteiger partial charge >= 0.3 is 0 Å². The van der Waals surface area contributed by atoms with Crippen molar-refractivity contribution >= 4 is 7.26 Å². The third kappa shape index (κ3) is 4.02. The first-order chi connectivity index (χ1) is 10.2. The van der Waals surface area contributed by atoms with E-state index in [1.165, 1.54) is 83.5 Å². The number of rotatable bonds is 3. The van der Waals surface area contributed by atoms with Crippen molar-refractivity contribution in [2.45, 2.75) is 113 Å². The fraction of sp³-hybridized carbons (Fsp3) is 1.00. The van der Waals surface area contributed by atoms with Crippen molar-refractivity contribution in [3.63, 3.8) is 0 Å². The topological polar surface area (TPSA) is 20.2 Å². The van der Waals surface area contributed by atoms with Crippen molar-refractivity contribution < 1.29 is 29.1 Å². The van der Waals surface area contributed by atoms with Crippen LogP contribution in [0.5, 0.6) is 0 Å². The molecule has 3 saturated carbocycles. The highest BCUT2D eigenvalue weighted by atomic mass is 127. The quantitative estimate of drug-likeness (QED) is 0.531. The summed E-state index contributed by atoms with van der Waals surface area (Å²) < 4.78 is 0. The highest BCUT2D eigenvalue weighted by Gasteiger charge is 2.55. The second kappa shape index (κ2) is 8.99. The van der Waals surface area contributed by atoms with E-state index < -0.39 is 7.26 Å². The van der Waals surface area contributed by atoms with Crippen LogP contribution in [-0.2, 0) is 0 Å². The lowest BCUT2D eigenvalue weighted by Crippen LogP contribution is -3.00. The summed E-state index contributed by atoms with van der Waals surface area (Å²) in [6.07, 6.45) is 19.9. The van der Waals surface area contributed by atoms with Gasteiger partial charge in [0.05, 0.1) is 23.1 Å². The van der Waals surface area contributed by atoms with E-state index in [-0.39, 0.29) is 30.1 Å². The van der Waals surface area contributed by atoms with Crippen molar-refractivity contribution in [1.29, 1.82) is 0 Å². The van der Waals surface area contributed by atoms with E-state index in [0.717, 1.165) is 17.7 Å². The molecule has 3 aliphatic rings. The Balaban J connectivity index is 0.00000176. The zero-order valence-corrected chi connectivity index (χ0v) is 17.5. The van der Waals surface area contributed by atoms with E-state index in [1.807, 2.05) is 0 Å². The predicted molar refractivity (Wildman–Crippen MR) is 94.9 cm³/mol. The third-order valence-corrected chi connectivity index (χ3v) is 13.3. The Morgan fingerprint density at radius 1 is 0.636 bits per heavy atom. The molecule has 1 N–H and O–H groups in total. The Morgan fingerprint density at radius 2 is 1.05 bits per heavy atom. The Labute approximate surface area is 155 Å². The monoisotopic (exact) mass is 438 g/mol. The molecule has 3 heteroatoms. The number of hydrogen-bond donors (Lipinski definition) is 1. The lowest BCUT2D eigenvalue weighted by Gasteiger charge is -2.48. The molecule has 2 atom stereocenters. The van der Waals surface area contributed by atoms with E-state index in [9.17, 15) is 5.11 Å². The van der Waals surface area contributed by atoms with Gasteiger partial charge in [-0.15, -0.1) is 0 Å². The second-order valence-corrected chi connectivity index (χ2v) is 12.8. The molecule has 0 aromatic heterocycles. The summed E-state index contributed by atoms with van der Waals surface area (Å²) in [5, 5.41) is 10.8. The molecule has 3 rings (SSSR count). The van der Waals surface area contributed by atoms with Crippen molar-refractivity contribution in [2.24, 2.45) is 0 Å². The van der Waals surface area contributed by atoms with Gasteiger partial charge < -0.3 is 29.1 Å². The van der Waals surface area contributed by atoms with Gasteiger partial charge in [-0.1, -0.05) is 19.3 Å². The number of aliphatic hydroxyl groups excluding tert-OH is 1. The Kier molecular flexibility index (Phi) is 7.95. The van der Waals surface area contributed by atoms with Crippen molar-refractivity contribution in [3.05, 3.63) is 0 Å². The smallest absolute Gasteiger partial charge is 0.0958 e. The maximum Gasteiger partial charge on any atom is 0.0958 e. The summed E-state index contributed by atoms with van der Waals surface area (Å²) in [6, 6.07) is 0. The highest BCUT2D eigenvalue weighted by Crippen LogP contribution is 2.74. The number of halogens is 1. The van der Waals surface area contributed by atoms with Crippen molar-refractivity contribution in [3.8, 4) is 0 Å². The zero-order valence-electron chi connectivity index (χ0n) is 14.5. The maximum atomic E-state index is 10.8. The van der Waals surface area contributed by atoms with Crippen LogP contribution < -0.4 is 24.0 Å². The molecule has 0 aromatic carbocycles. The Bertz CT molecular complexity index is 305. The summed E-state index contributed by atoms with van der Waals surface area (Å²) in [6.45, 7) is 2.72. The molecule has 0 heterocycles. The van der Waals surface area contributed by atoms with E-state index >= 15 is 0 Å². The van der Waals surface area contributed by atoms with Crippen molar-refractivity contribution in [2.75, 3.05) is 6.66 Å². The van der Waals surface area contributed by atoms with Gasteiger partial charge in [0.2, 0.25) is 0 Å². The molecule has 2 unspecified atom stereocenters. The molecule has 0 bridgehead atoms. The molecule has 22 heavy (non-hydrogen) atoms. The lowest BCUT2D eigenvalue weighted by molar-refractivity contribution is -0.00000693. The van der Waals surface area contributed by atoms with Gasteiger partial charge in [-0.2, -0.15) is 0 Å². The first-order valence-electron chi connectivity index (χ1n) is 9.76. The molecule has 3 fully saturated rings. The van der Waals surface area contributed by atoms with Crippen LogP contribution in [0.4, 0.5) is 0 Å². The SMILES string of the molecule is C[P+](C1CCCCC1)(C1CCCCC1)C1CCCCC1O.[I-]. The van der Waals surface area contributed by atoms with Gasteiger partial charge in [-0.3, -0.25) is 0 Å². The summed E-state index contributed by atoms with van der Waals surface area (Å²) >= 11 is 0. The third-order valence-electron chi connectivity index (χ3n) is 7.13. The van der Waals surface area contributed by atoms with Gasteiger partial charge in [0, 0.05) is 13.9 Å². The minimum atomic E-state index is -1.00. The van der Waals surface area contributed by atoms with Gasteiger partial charge in [0.1, 0.15) is 0 Å². The van der Waals surface area contributed by atoms with Gasteiger partial charge in [-0.05, 0) is 70.6 Å². The summed E-state index contributed by atoms with van der Waals surface area (Å²) in [5.41, 5.74) is 2.72. The molecule has 3 aliphatic carbocycles. The maximum absolute atomic E-state index is 10.8. The number of hydrogen-bond acceptors (Lipinski definition) is 1. The largest absolute Gasteiger partial charge is 1.00 e. The molecule has 0 radical (unpaired) electrons. The molecular weight excluding hydrogens is 402 g/mol. The van der Waals surface area contributed by atoms with Crippen LogP contribution >= 0.6 is 7.26 Å². The average molecular weight is 438 g/mol. The molecule has 0 aromatic rings. The van der Waals surface area contributed by atoms with E-state index in [4.69, 9.17) is 0 Å². The minimum Gasteiger partial charge on any atom is -1.00 e. The summed E-state index contributed by atoms with van der Waals surface area (Å²) in [5.74, 6) is 0. The van der Waals surface area contributed by atoms with Crippen LogP contribution in [0.25, 0.3) is 0 Å². The Morgan fingerprint density at radius 3 is 1.50 bits per heavy atom. The summed E-state index contributed by atoms with van der Waals surface area (Å²) in [4.78, 5) is 0. The lowest BCUT2D eigenvalue weighted by atomic mass is 9.97. The highest BCUT2D eigenvalue weighted by molar-refractivity contribution is 7.77. The van der Waals surface area contributed by atoms with Crippen LogP contribution in [0.2, 0.25) is 0 Å². The normalized spacial score (nSPS) is 32.5. The standard InChI is InChI=1S/C19H36OP.HI/c1-21(16-10-4-2-5-11-16,17-12-6-3-7-13-17)19-15-9-8-14-18(19)20;/h16-20H,2-15H2,1H3;1H/q+1;/p-1. The molecule has 0 spiro atoms. The van der Waals surface area contributed by atoms with Crippen LogP contribution in [0.15, 0.2) is 0 Å². The fourth-order valence-electron chi connectivity index (χ4n) is 5.86. The average Bonchev–Trinajstić information content (AvgIpc) is 2.56. The predicted octanol–water partition coefficient (Wildman–Crippen LogP) is 2.61. The van der Waals surface area contributed by atoms with Gasteiger partial charge in [0.15, 0.2) is 0 Å². The van der Waals surface area contributed by atoms with Gasteiger partial charge in [0.25, 0.3) is 0 Å². The Hall–Kier alpha value is 1.12. The summed E-state index contributed by atoms with van der Waals surface area (Å²) in [7, 11) is -1.00. The molecule has 0 saturated heterocycles. The van der Waals surface area contributed by atoms with Gasteiger partial charge in [-0.25, -0.2) is 0 Å². The van der Waals surface area contributed by atoms with Crippen LogP contribution in [-0.4, -0.2) is 34.9 Å². The first kappa shape index (κ1) is 19.4. The van der Waals surface area contributed by atoms with Crippen LogP contribution in [0, 0.1) is 0 Å². The first-order valence-corrected chi connectivity index (χ1v) is 12.2. The second-order valence-electron chi connectivity index (χ2n) is 8.22. The molecular formula is C19H36IOP. The molecule has 0 aliphatic heterocycles. The van der Waals surface area contributed by atoms with Crippen LogP contribution in [0.3, 0.4) is 0 Å². The van der Waals surface area contributed by atoms with E-state index in [0.29, 0.717) is 5.66 Å². The minimum absolute atomic E-state index is 0. The fourth-order valence-corrected chi connectivity index (χ4v) is 12.1. The van der Waals surface area contributed by atoms with E-state index in [1.54, 1.807) is 0 Å². The van der Waals surface area contributed by atoms with Crippen LogP contribution in [0.1, 0.15) is 89.9 Å². The zero-order chi connectivity index (χ0) is 14.7.